The van der Waals surface area contributed by atoms with E-state index in [1.54, 1.807) is 36.4 Å². The Hall–Kier alpha value is -3.49. The lowest BCUT2D eigenvalue weighted by Gasteiger charge is -2.19. The van der Waals surface area contributed by atoms with Crippen LogP contribution in [0.2, 0.25) is 0 Å². The van der Waals surface area contributed by atoms with Gasteiger partial charge in [0.25, 0.3) is 0 Å². The minimum atomic E-state index is -3.99. The lowest BCUT2D eigenvalue weighted by molar-refractivity contribution is -0.117. The number of anilines is 1. The van der Waals surface area contributed by atoms with Crippen molar-refractivity contribution in [3.63, 3.8) is 0 Å². The van der Waals surface area contributed by atoms with Crippen molar-refractivity contribution in [2.75, 3.05) is 11.9 Å². The molecule has 33 heavy (non-hydrogen) atoms. The molecular weight excluding hydrogens is 440 g/mol. The number of ether oxygens (including phenoxy) is 1. The van der Waals surface area contributed by atoms with E-state index in [1.807, 2.05) is 37.3 Å². The third kappa shape index (κ3) is 6.74. The summed E-state index contributed by atoms with van der Waals surface area (Å²) in [4.78, 5) is 24.8. The first-order valence-electron chi connectivity index (χ1n) is 10.5. The van der Waals surface area contributed by atoms with Gasteiger partial charge in [0.1, 0.15) is 11.8 Å². The van der Waals surface area contributed by atoms with Gasteiger partial charge in [-0.1, -0.05) is 42.5 Å². The van der Waals surface area contributed by atoms with Crippen LogP contribution in [-0.2, 0) is 21.2 Å². The zero-order valence-electron chi connectivity index (χ0n) is 18.4. The highest BCUT2D eigenvalue weighted by Crippen LogP contribution is 2.18. The summed E-state index contributed by atoms with van der Waals surface area (Å²) in [6, 6.07) is 20.5. The van der Waals surface area contributed by atoms with Gasteiger partial charge in [-0.25, -0.2) is 8.42 Å². The third-order valence-corrected chi connectivity index (χ3v) is 6.37. The minimum absolute atomic E-state index is 0.0235. The molecule has 1 atom stereocenters. The quantitative estimate of drug-likeness (QED) is 0.443. The van der Waals surface area contributed by atoms with Gasteiger partial charge in [-0.3, -0.25) is 9.59 Å². The maximum Gasteiger partial charge on any atom is 0.242 e. The summed E-state index contributed by atoms with van der Waals surface area (Å²) < 4.78 is 33.9. The average Bonchev–Trinajstić information content (AvgIpc) is 2.80. The molecule has 0 saturated carbocycles. The molecular formula is C25H26N2O5S. The van der Waals surface area contributed by atoms with Gasteiger partial charge in [0.2, 0.25) is 15.9 Å². The molecule has 0 aliphatic rings. The molecule has 1 unspecified atom stereocenters. The second kappa shape index (κ2) is 10.9. The SMILES string of the molecule is CCOc1ccc(S(=O)(=O)NC(Cc2ccccc2)C(=O)Nc2cccc(C(C)=O)c2)cc1. The van der Waals surface area contributed by atoms with Gasteiger partial charge in [0, 0.05) is 11.3 Å². The van der Waals surface area contributed by atoms with Crippen molar-refractivity contribution in [2.24, 2.45) is 0 Å². The fraction of sp³-hybridized carbons (Fsp3) is 0.200. The Morgan fingerprint density at radius 2 is 1.64 bits per heavy atom. The fourth-order valence-corrected chi connectivity index (χ4v) is 4.42. The number of rotatable bonds is 10. The lowest BCUT2D eigenvalue weighted by atomic mass is 10.1. The molecule has 0 saturated heterocycles. The van der Waals surface area contributed by atoms with Crippen LogP contribution in [0, 0.1) is 0 Å². The topological polar surface area (TPSA) is 102 Å². The number of hydrogen-bond acceptors (Lipinski definition) is 5. The Bertz CT molecular complexity index is 1210. The Morgan fingerprint density at radius 3 is 2.27 bits per heavy atom. The predicted molar refractivity (Wildman–Crippen MR) is 127 cm³/mol. The molecule has 0 heterocycles. The number of amides is 1. The Morgan fingerprint density at radius 1 is 0.939 bits per heavy atom. The highest BCUT2D eigenvalue weighted by Gasteiger charge is 2.26. The van der Waals surface area contributed by atoms with E-state index in [0.29, 0.717) is 23.6 Å². The molecule has 2 N–H and O–H groups in total. The first-order chi connectivity index (χ1) is 15.8. The summed E-state index contributed by atoms with van der Waals surface area (Å²) in [5, 5.41) is 2.72. The smallest absolute Gasteiger partial charge is 0.242 e. The molecule has 7 nitrogen and oxygen atoms in total. The van der Waals surface area contributed by atoms with Gasteiger partial charge < -0.3 is 10.1 Å². The van der Waals surface area contributed by atoms with Crippen LogP contribution in [0.4, 0.5) is 5.69 Å². The zero-order chi connectivity index (χ0) is 23.8. The van der Waals surface area contributed by atoms with E-state index in [4.69, 9.17) is 4.74 Å². The van der Waals surface area contributed by atoms with Crippen molar-refractivity contribution in [1.29, 1.82) is 0 Å². The molecule has 0 aliphatic heterocycles. The number of benzene rings is 3. The number of hydrogen-bond donors (Lipinski definition) is 2. The summed E-state index contributed by atoms with van der Waals surface area (Å²) in [7, 11) is -3.99. The van der Waals surface area contributed by atoms with Gasteiger partial charge >= 0.3 is 0 Å². The molecule has 0 radical (unpaired) electrons. The molecule has 1 amide bonds. The maximum atomic E-state index is 13.1. The normalized spacial score (nSPS) is 12.1. The monoisotopic (exact) mass is 466 g/mol. The number of carbonyl (C=O) groups excluding carboxylic acids is 2. The van der Waals surface area contributed by atoms with Crippen molar-refractivity contribution in [3.05, 3.63) is 90.0 Å². The number of sulfonamides is 1. The van der Waals surface area contributed by atoms with Crippen LogP contribution in [0.25, 0.3) is 0 Å². The van der Waals surface area contributed by atoms with Crippen LogP contribution in [0.3, 0.4) is 0 Å². The molecule has 0 fully saturated rings. The molecule has 3 aromatic carbocycles. The van der Waals surface area contributed by atoms with Crippen LogP contribution in [-0.4, -0.2) is 32.8 Å². The predicted octanol–water partition coefficient (Wildman–Crippen LogP) is 3.82. The van der Waals surface area contributed by atoms with E-state index in [1.165, 1.54) is 19.1 Å². The fourth-order valence-electron chi connectivity index (χ4n) is 3.22. The van der Waals surface area contributed by atoms with Gasteiger partial charge in [0.05, 0.1) is 11.5 Å². The third-order valence-electron chi connectivity index (χ3n) is 4.88. The van der Waals surface area contributed by atoms with Crippen molar-refractivity contribution in [3.8, 4) is 5.75 Å². The van der Waals surface area contributed by atoms with E-state index in [-0.39, 0.29) is 17.1 Å². The van der Waals surface area contributed by atoms with Crippen molar-refractivity contribution >= 4 is 27.4 Å². The molecule has 0 aromatic heterocycles. The number of nitrogens with one attached hydrogen (secondary N) is 2. The molecule has 0 bridgehead atoms. The van der Waals surface area contributed by atoms with Crippen LogP contribution >= 0.6 is 0 Å². The summed E-state index contributed by atoms with van der Waals surface area (Å²) in [6.45, 7) is 3.74. The number of carbonyl (C=O) groups is 2. The Kier molecular flexibility index (Phi) is 7.97. The van der Waals surface area contributed by atoms with Gasteiger partial charge in [-0.2, -0.15) is 4.72 Å². The standard InChI is InChI=1S/C25H26N2O5S/c1-3-32-22-12-14-23(15-13-22)33(30,31)27-24(16-19-8-5-4-6-9-19)25(29)26-21-11-7-10-20(17-21)18(2)28/h4-15,17,24,27H,3,16H2,1-2H3,(H,26,29). The van der Waals surface area contributed by atoms with E-state index < -0.39 is 22.0 Å². The summed E-state index contributed by atoms with van der Waals surface area (Å²) >= 11 is 0. The summed E-state index contributed by atoms with van der Waals surface area (Å²) in [6.07, 6.45) is 0.148. The molecule has 3 aromatic rings. The first-order valence-corrected chi connectivity index (χ1v) is 12.0. The molecule has 172 valence electrons. The maximum absolute atomic E-state index is 13.1. The van der Waals surface area contributed by atoms with Gasteiger partial charge in [0.15, 0.2) is 5.78 Å². The van der Waals surface area contributed by atoms with Crippen LogP contribution in [0.5, 0.6) is 5.75 Å². The molecule has 0 aliphatic carbocycles. The minimum Gasteiger partial charge on any atom is -0.494 e. The van der Waals surface area contributed by atoms with Gasteiger partial charge in [-0.05, 0) is 62.2 Å². The van der Waals surface area contributed by atoms with E-state index >= 15 is 0 Å². The van der Waals surface area contributed by atoms with E-state index in [0.717, 1.165) is 5.56 Å². The van der Waals surface area contributed by atoms with Gasteiger partial charge in [-0.15, -0.1) is 0 Å². The average molecular weight is 467 g/mol. The van der Waals surface area contributed by atoms with Crippen LogP contribution < -0.4 is 14.8 Å². The van der Waals surface area contributed by atoms with Crippen molar-refractivity contribution in [2.45, 2.75) is 31.2 Å². The number of ketones is 1. The largest absolute Gasteiger partial charge is 0.494 e. The second-order valence-electron chi connectivity index (χ2n) is 7.39. The molecule has 8 heteroatoms. The van der Waals surface area contributed by atoms with Crippen LogP contribution in [0.15, 0.2) is 83.8 Å². The zero-order valence-corrected chi connectivity index (χ0v) is 19.3. The Balaban J connectivity index is 1.85. The summed E-state index contributed by atoms with van der Waals surface area (Å²) in [5.74, 6) is -0.113. The van der Waals surface area contributed by atoms with Crippen LogP contribution in [0.1, 0.15) is 29.8 Å². The highest BCUT2D eigenvalue weighted by atomic mass is 32.2. The molecule has 3 rings (SSSR count). The first kappa shape index (κ1) is 24.2. The van der Waals surface area contributed by atoms with E-state index in [2.05, 4.69) is 10.0 Å². The van der Waals surface area contributed by atoms with Crippen molar-refractivity contribution in [1.82, 2.24) is 4.72 Å². The van der Waals surface area contributed by atoms with E-state index in [9.17, 15) is 18.0 Å². The molecule has 0 spiro atoms. The highest BCUT2D eigenvalue weighted by molar-refractivity contribution is 7.89. The number of Topliss-reactive ketones (excluding diaryl/α,β-unsaturated/α-hetero) is 1. The summed E-state index contributed by atoms with van der Waals surface area (Å²) in [5.41, 5.74) is 1.65. The Labute approximate surface area is 193 Å². The second-order valence-corrected chi connectivity index (χ2v) is 9.11. The lowest BCUT2D eigenvalue weighted by Crippen LogP contribution is -2.45. The van der Waals surface area contributed by atoms with Crippen molar-refractivity contribution < 1.29 is 22.7 Å².